The highest BCUT2D eigenvalue weighted by molar-refractivity contribution is 5.83. The van der Waals surface area contributed by atoms with Crippen molar-refractivity contribution in [2.75, 3.05) is 0 Å². The van der Waals surface area contributed by atoms with Gasteiger partial charge in [-0.3, -0.25) is 4.79 Å². The van der Waals surface area contributed by atoms with E-state index >= 15 is 0 Å². The van der Waals surface area contributed by atoms with Gasteiger partial charge in [-0.05, 0) is 127 Å². The first-order valence-electron chi connectivity index (χ1n) is 14.6. The summed E-state index contributed by atoms with van der Waals surface area (Å²) >= 11 is 0. The fourth-order valence-electron chi connectivity index (χ4n) is 10.4. The number of aliphatic carboxylic acids is 1. The van der Waals surface area contributed by atoms with Crippen molar-refractivity contribution >= 4 is 16.7 Å². The third kappa shape index (κ3) is 3.67. The highest BCUT2D eigenvalue weighted by Crippen LogP contribution is 2.69. The molecule has 3 nitrogen and oxygen atoms in total. The number of rotatable bonds is 4. The van der Waals surface area contributed by atoms with Crippen LogP contribution in [0.1, 0.15) is 90.5 Å². The van der Waals surface area contributed by atoms with Gasteiger partial charge < -0.3 is 10.2 Å². The summed E-state index contributed by atoms with van der Waals surface area (Å²) in [5.41, 5.74) is 1.01. The minimum absolute atomic E-state index is 0.271. The van der Waals surface area contributed by atoms with Gasteiger partial charge in [0.05, 0.1) is 5.60 Å². The lowest BCUT2D eigenvalue weighted by Crippen LogP contribution is -2.55. The van der Waals surface area contributed by atoms with Gasteiger partial charge in [-0.15, -0.1) is 0 Å². The molecule has 2 aromatic carbocycles. The summed E-state index contributed by atoms with van der Waals surface area (Å²) in [5, 5.41) is 23.9. The molecule has 0 unspecified atom stereocenters. The molecule has 0 aliphatic heterocycles. The number of aliphatic hydroxyl groups is 1. The van der Waals surface area contributed by atoms with Crippen LogP contribution in [-0.4, -0.2) is 16.2 Å². The smallest absolute Gasteiger partial charge is 0.303 e. The summed E-state index contributed by atoms with van der Waals surface area (Å²) in [4.78, 5) is 11.5. The molecule has 9 atom stereocenters. The molecule has 4 saturated carbocycles. The van der Waals surface area contributed by atoms with E-state index in [1.165, 1.54) is 49.3 Å². The quantitative estimate of drug-likeness (QED) is 0.462. The average Bonchev–Trinajstić information content (AvgIpc) is 3.21. The predicted molar refractivity (Wildman–Crippen MR) is 144 cm³/mol. The number of carbonyl (C=O) groups is 1. The van der Waals surface area contributed by atoms with Gasteiger partial charge in [0, 0.05) is 6.42 Å². The molecule has 0 bridgehead atoms. The molecule has 4 aliphatic carbocycles. The number of hydrogen-bond acceptors (Lipinski definition) is 2. The maximum absolute atomic E-state index is 12.0. The van der Waals surface area contributed by atoms with E-state index in [-0.39, 0.29) is 5.92 Å². The Morgan fingerprint density at radius 2 is 1.67 bits per heavy atom. The molecule has 194 valence electrons. The number of fused-ring (bicyclic) bond motifs is 6. The van der Waals surface area contributed by atoms with Crippen molar-refractivity contribution in [2.24, 2.45) is 46.3 Å². The van der Waals surface area contributed by atoms with Gasteiger partial charge >= 0.3 is 5.97 Å². The number of carboxylic acids is 1. The van der Waals surface area contributed by atoms with Crippen LogP contribution < -0.4 is 0 Å². The summed E-state index contributed by atoms with van der Waals surface area (Å²) in [5.74, 6) is 3.04. The highest BCUT2D eigenvalue weighted by atomic mass is 16.4. The van der Waals surface area contributed by atoms with Crippen LogP contribution in [-0.2, 0) is 10.4 Å². The van der Waals surface area contributed by atoms with Crippen LogP contribution in [0.15, 0.2) is 42.5 Å². The molecule has 4 aliphatic rings. The standard InChI is InChI=1S/C33H44O3/c1-21(18-30(34)35)27-12-13-28-26-11-10-25-20-33(36,24-9-8-22-6-4-5-7-23(22)19-24)17-16-31(25,2)29(26)14-15-32(27,28)3/h4-9,19,21,25-29,36H,10-18,20H2,1-3H3,(H,34,35)/t21-,25-,26+,27-,28+,29+,31+,32-,33+/m1/s1. The molecule has 6 rings (SSSR count). The summed E-state index contributed by atoms with van der Waals surface area (Å²) < 4.78 is 0. The van der Waals surface area contributed by atoms with E-state index in [1.54, 1.807) is 0 Å². The summed E-state index contributed by atoms with van der Waals surface area (Å²) in [6.07, 6.45) is 10.7. The van der Waals surface area contributed by atoms with Gasteiger partial charge in [0.2, 0.25) is 0 Å². The van der Waals surface area contributed by atoms with Gasteiger partial charge in [0.25, 0.3) is 0 Å². The lowest BCUT2D eigenvalue weighted by atomic mass is 9.43. The van der Waals surface area contributed by atoms with Crippen molar-refractivity contribution in [3.8, 4) is 0 Å². The van der Waals surface area contributed by atoms with Gasteiger partial charge in [0.15, 0.2) is 0 Å². The van der Waals surface area contributed by atoms with Crippen LogP contribution in [0.2, 0.25) is 0 Å². The maximum Gasteiger partial charge on any atom is 0.303 e. The third-order valence-electron chi connectivity index (χ3n) is 12.3. The zero-order valence-corrected chi connectivity index (χ0v) is 22.4. The van der Waals surface area contributed by atoms with Crippen molar-refractivity contribution in [1.82, 2.24) is 0 Å². The third-order valence-corrected chi connectivity index (χ3v) is 12.3. The van der Waals surface area contributed by atoms with Gasteiger partial charge in [-0.25, -0.2) is 0 Å². The van der Waals surface area contributed by atoms with Crippen molar-refractivity contribution in [2.45, 2.75) is 90.6 Å². The normalized spacial score (nSPS) is 42.8. The zero-order chi connectivity index (χ0) is 25.3. The first-order chi connectivity index (χ1) is 17.1. The number of hydrogen-bond donors (Lipinski definition) is 2. The molecular formula is C33H44O3. The first-order valence-corrected chi connectivity index (χ1v) is 14.6. The van der Waals surface area contributed by atoms with Crippen LogP contribution in [0, 0.1) is 46.3 Å². The summed E-state index contributed by atoms with van der Waals surface area (Å²) in [6, 6.07) is 15.0. The van der Waals surface area contributed by atoms with Crippen LogP contribution in [0.4, 0.5) is 0 Å². The van der Waals surface area contributed by atoms with Gasteiger partial charge in [-0.2, -0.15) is 0 Å². The zero-order valence-electron chi connectivity index (χ0n) is 22.4. The van der Waals surface area contributed by atoms with Crippen molar-refractivity contribution < 1.29 is 15.0 Å². The molecule has 36 heavy (non-hydrogen) atoms. The Hall–Kier alpha value is -1.87. The van der Waals surface area contributed by atoms with Gasteiger partial charge in [0.1, 0.15) is 0 Å². The molecular weight excluding hydrogens is 444 g/mol. The monoisotopic (exact) mass is 488 g/mol. The SMILES string of the molecule is C[C@H](CC(=O)O)[C@H]1CC[C@H]2[C@@H]3CC[C@@H]4C[C@](O)(c5ccc6ccccc6c5)CC[C@]4(C)[C@H]3CC[C@]12C. The second-order valence-corrected chi connectivity index (χ2v) is 13.8. The fraction of sp³-hybridized carbons (Fsp3) is 0.667. The van der Waals surface area contributed by atoms with E-state index < -0.39 is 11.6 Å². The average molecular weight is 489 g/mol. The molecule has 0 saturated heterocycles. The van der Waals surface area contributed by atoms with Crippen LogP contribution in [0.5, 0.6) is 0 Å². The Balaban J connectivity index is 1.22. The first kappa shape index (κ1) is 24.5. The molecule has 0 amide bonds. The molecule has 0 aromatic heterocycles. The molecule has 2 N–H and O–H groups in total. The van der Waals surface area contributed by atoms with E-state index in [9.17, 15) is 15.0 Å². The van der Waals surface area contributed by atoms with Gasteiger partial charge in [-0.1, -0.05) is 57.2 Å². The number of carboxylic acid groups (broad SMARTS) is 1. The molecule has 0 radical (unpaired) electrons. The Bertz CT molecular complexity index is 1160. The summed E-state index contributed by atoms with van der Waals surface area (Å²) in [7, 11) is 0. The van der Waals surface area contributed by atoms with E-state index in [0.717, 1.165) is 42.6 Å². The molecule has 0 spiro atoms. The van der Waals surface area contributed by atoms with E-state index in [1.807, 2.05) is 0 Å². The minimum Gasteiger partial charge on any atom is -0.481 e. The maximum atomic E-state index is 12.0. The molecule has 4 fully saturated rings. The largest absolute Gasteiger partial charge is 0.481 e. The highest BCUT2D eigenvalue weighted by Gasteiger charge is 2.61. The van der Waals surface area contributed by atoms with E-state index in [0.29, 0.717) is 29.1 Å². The number of benzene rings is 2. The Morgan fingerprint density at radius 3 is 2.44 bits per heavy atom. The Kier molecular flexibility index (Phi) is 5.83. The Morgan fingerprint density at radius 1 is 0.917 bits per heavy atom. The summed E-state index contributed by atoms with van der Waals surface area (Å²) in [6.45, 7) is 7.26. The second-order valence-electron chi connectivity index (χ2n) is 13.8. The molecule has 0 heterocycles. The molecule has 2 aromatic rings. The van der Waals surface area contributed by atoms with Crippen LogP contribution in [0.3, 0.4) is 0 Å². The predicted octanol–water partition coefficient (Wildman–Crippen LogP) is 7.80. The topological polar surface area (TPSA) is 57.5 Å². The van der Waals surface area contributed by atoms with E-state index in [4.69, 9.17) is 0 Å². The lowest BCUT2D eigenvalue weighted by Gasteiger charge is -2.62. The minimum atomic E-state index is -0.713. The van der Waals surface area contributed by atoms with Crippen LogP contribution in [0.25, 0.3) is 10.8 Å². The van der Waals surface area contributed by atoms with Crippen molar-refractivity contribution in [3.63, 3.8) is 0 Å². The lowest BCUT2D eigenvalue weighted by molar-refractivity contribution is -0.155. The van der Waals surface area contributed by atoms with Crippen molar-refractivity contribution in [1.29, 1.82) is 0 Å². The molecule has 3 heteroatoms. The van der Waals surface area contributed by atoms with E-state index in [2.05, 4.69) is 63.2 Å². The second kappa shape index (κ2) is 8.58. The van der Waals surface area contributed by atoms with Crippen molar-refractivity contribution in [3.05, 3.63) is 48.0 Å². The Labute approximate surface area is 216 Å². The van der Waals surface area contributed by atoms with Crippen LogP contribution >= 0.6 is 0 Å². The fourth-order valence-corrected chi connectivity index (χ4v) is 10.4.